The van der Waals surface area contributed by atoms with Crippen molar-refractivity contribution in [1.29, 1.82) is 0 Å². The Bertz CT molecular complexity index is 151. The lowest BCUT2D eigenvalue weighted by atomic mass is 10.1. The molecule has 3 heteroatoms. The molecule has 64 valence electrons. The van der Waals surface area contributed by atoms with Crippen molar-refractivity contribution in [3.63, 3.8) is 0 Å². The molecule has 11 heavy (non-hydrogen) atoms. The number of carbonyl (C=O) groups is 1. The van der Waals surface area contributed by atoms with E-state index < -0.39 is 12.1 Å². The van der Waals surface area contributed by atoms with Gasteiger partial charge in [-0.25, -0.2) is 4.79 Å². The summed E-state index contributed by atoms with van der Waals surface area (Å²) in [5.41, 5.74) is -0.113. The SMILES string of the molecule is C=C(C(=O)O)C(O)CCCC. The average Bonchev–Trinajstić information content (AvgIpc) is 1.98. The van der Waals surface area contributed by atoms with Crippen LogP contribution in [0.4, 0.5) is 0 Å². The molecule has 1 atom stereocenters. The van der Waals surface area contributed by atoms with Crippen LogP contribution < -0.4 is 0 Å². The maximum absolute atomic E-state index is 10.2. The van der Waals surface area contributed by atoms with Gasteiger partial charge in [0.2, 0.25) is 0 Å². The van der Waals surface area contributed by atoms with Crippen LogP contribution in [0.5, 0.6) is 0 Å². The van der Waals surface area contributed by atoms with Gasteiger partial charge in [0, 0.05) is 0 Å². The molecule has 0 spiro atoms. The molecule has 2 N–H and O–H groups in total. The van der Waals surface area contributed by atoms with Crippen LogP contribution >= 0.6 is 0 Å². The van der Waals surface area contributed by atoms with E-state index in [2.05, 4.69) is 6.58 Å². The largest absolute Gasteiger partial charge is 0.478 e. The summed E-state index contributed by atoms with van der Waals surface area (Å²) in [5.74, 6) is -1.12. The minimum absolute atomic E-state index is 0.113. The molecule has 0 saturated carbocycles. The number of hydrogen-bond donors (Lipinski definition) is 2. The molecule has 0 aliphatic carbocycles. The highest BCUT2D eigenvalue weighted by atomic mass is 16.4. The van der Waals surface area contributed by atoms with Crippen molar-refractivity contribution in [2.75, 3.05) is 0 Å². The van der Waals surface area contributed by atoms with E-state index in [1.165, 1.54) is 0 Å². The molecule has 0 aromatic rings. The van der Waals surface area contributed by atoms with Crippen LogP contribution in [0, 0.1) is 0 Å². The van der Waals surface area contributed by atoms with Crippen molar-refractivity contribution in [2.45, 2.75) is 32.3 Å². The molecular formula is C8H14O3. The zero-order chi connectivity index (χ0) is 8.85. The molecule has 0 aromatic carbocycles. The van der Waals surface area contributed by atoms with E-state index in [1.54, 1.807) is 0 Å². The molecule has 0 heterocycles. The maximum Gasteiger partial charge on any atom is 0.333 e. The van der Waals surface area contributed by atoms with Crippen LogP contribution in [-0.4, -0.2) is 22.3 Å². The Labute approximate surface area is 66.4 Å². The molecule has 0 aromatic heterocycles. The number of rotatable bonds is 5. The molecule has 1 unspecified atom stereocenters. The van der Waals surface area contributed by atoms with E-state index in [-0.39, 0.29) is 5.57 Å². The fraction of sp³-hybridized carbons (Fsp3) is 0.625. The second kappa shape index (κ2) is 4.91. The number of aliphatic hydroxyl groups is 1. The van der Waals surface area contributed by atoms with Crippen molar-refractivity contribution in [1.82, 2.24) is 0 Å². The second-order valence-corrected chi connectivity index (χ2v) is 2.49. The zero-order valence-electron chi connectivity index (χ0n) is 6.71. The third kappa shape index (κ3) is 3.78. The van der Waals surface area contributed by atoms with Crippen molar-refractivity contribution >= 4 is 5.97 Å². The molecule has 0 aliphatic heterocycles. The quantitative estimate of drug-likeness (QED) is 0.590. The number of carboxylic acid groups (broad SMARTS) is 1. The standard InChI is InChI=1S/C8H14O3/c1-3-4-5-7(9)6(2)8(10)11/h7,9H,2-5H2,1H3,(H,10,11). The van der Waals surface area contributed by atoms with E-state index in [1.807, 2.05) is 6.92 Å². The monoisotopic (exact) mass is 158 g/mol. The number of carboxylic acids is 1. The van der Waals surface area contributed by atoms with E-state index in [0.29, 0.717) is 6.42 Å². The first-order valence-corrected chi connectivity index (χ1v) is 3.69. The molecular weight excluding hydrogens is 144 g/mol. The molecule has 0 fully saturated rings. The first-order valence-electron chi connectivity index (χ1n) is 3.69. The fourth-order valence-electron chi connectivity index (χ4n) is 0.714. The summed E-state index contributed by atoms with van der Waals surface area (Å²) in [6.07, 6.45) is 1.38. The highest BCUT2D eigenvalue weighted by Crippen LogP contribution is 2.07. The minimum atomic E-state index is -1.12. The summed E-state index contributed by atoms with van der Waals surface area (Å²) in [4.78, 5) is 10.2. The Morgan fingerprint density at radius 2 is 2.18 bits per heavy atom. The molecule has 0 aliphatic rings. The highest BCUT2D eigenvalue weighted by molar-refractivity contribution is 5.86. The van der Waals surface area contributed by atoms with Gasteiger partial charge >= 0.3 is 5.97 Å². The smallest absolute Gasteiger partial charge is 0.333 e. The van der Waals surface area contributed by atoms with Gasteiger partial charge in [-0.1, -0.05) is 26.3 Å². The van der Waals surface area contributed by atoms with Gasteiger partial charge in [-0.3, -0.25) is 0 Å². The van der Waals surface area contributed by atoms with Gasteiger partial charge in [-0.15, -0.1) is 0 Å². The van der Waals surface area contributed by atoms with E-state index in [9.17, 15) is 4.79 Å². The van der Waals surface area contributed by atoms with Gasteiger partial charge in [0.1, 0.15) is 0 Å². The molecule has 0 bridgehead atoms. The number of unbranched alkanes of at least 4 members (excludes halogenated alkanes) is 1. The number of aliphatic carboxylic acids is 1. The van der Waals surface area contributed by atoms with Crippen molar-refractivity contribution in [3.8, 4) is 0 Å². The normalized spacial score (nSPS) is 12.5. The van der Waals surface area contributed by atoms with Gasteiger partial charge in [-0.05, 0) is 6.42 Å². The lowest BCUT2D eigenvalue weighted by molar-refractivity contribution is -0.133. The topological polar surface area (TPSA) is 57.5 Å². The van der Waals surface area contributed by atoms with Crippen LogP contribution in [0.3, 0.4) is 0 Å². The van der Waals surface area contributed by atoms with Crippen LogP contribution in [-0.2, 0) is 4.79 Å². The Morgan fingerprint density at radius 3 is 2.55 bits per heavy atom. The van der Waals surface area contributed by atoms with Crippen LogP contribution in [0.1, 0.15) is 26.2 Å². The van der Waals surface area contributed by atoms with Gasteiger partial charge < -0.3 is 10.2 Å². The highest BCUT2D eigenvalue weighted by Gasteiger charge is 2.13. The van der Waals surface area contributed by atoms with Crippen molar-refractivity contribution in [2.24, 2.45) is 0 Å². The Hall–Kier alpha value is -0.830. The summed E-state index contributed by atoms with van der Waals surface area (Å²) in [7, 11) is 0. The van der Waals surface area contributed by atoms with E-state index in [4.69, 9.17) is 10.2 Å². The zero-order valence-corrected chi connectivity index (χ0v) is 6.71. The fourth-order valence-corrected chi connectivity index (χ4v) is 0.714. The van der Waals surface area contributed by atoms with Crippen molar-refractivity contribution < 1.29 is 15.0 Å². The summed E-state index contributed by atoms with van der Waals surface area (Å²) in [6, 6.07) is 0. The summed E-state index contributed by atoms with van der Waals surface area (Å²) >= 11 is 0. The van der Waals surface area contributed by atoms with E-state index >= 15 is 0 Å². The van der Waals surface area contributed by atoms with Gasteiger partial charge in [0.15, 0.2) is 0 Å². The number of hydrogen-bond acceptors (Lipinski definition) is 2. The molecule has 0 rings (SSSR count). The third-order valence-electron chi connectivity index (χ3n) is 1.51. The lowest BCUT2D eigenvalue weighted by Crippen LogP contribution is -2.16. The third-order valence-corrected chi connectivity index (χ3v) is 1.51. The van der Waals surface area contributed by atoms with Crippen LogP contribution in [0.2, 0.25) is 0 Å². The molecule has 0 saturated heterocycles. The maximum atomic E-state index is 10.2. The Kier molecular flexibility index (Phi) is 4.54. The predicted molar refractivity (Wildman–Crippen MR) is 42.3 cm³/mol. The van der Waals surface area contributed by atoms with Gasteiger partial charge in [0.05, 0.1) is 11.7 Å². The summed E-state index contributed by atoms with van der Waals surface area (Å²) in [5, 5.41) is 17.5. The first-order chi connectivity index (χ1) is 5.09. The lowest BCUT2D eigenvalue weighted by Gasteiger charge is -2.08. The second-order valence-electron chi connectivity index (χ2n) is 2.49. The van der Waals surface area contributed by atoms with Gasteiger partial charge in [0.25, 0.3) is 0 Å². The molecule has 0 amide bonds. The van der Waals surface area contributed by atoms with Crippen LogP contribution in [0.15, 0.2) is 12.2 Å². The number of aliphatic hydroxyl groups excluding tert-OH is 1. The molecule has 0 radical (unpaired) electrons. The van der Waals surface area contributed by atoms with E-state index in [0.717, 1.165) is 12.8 Å². The summed E-state index contributed by atoms with van der Waals surface area (Å²) in [6.45, 7) is 5.24. The Balaban J connectivity index is 3.73. The van der Waals surface area contributed by atoms with Gasteiger partial charge in [-0.2, -0.15) is 0 Å². The van der Waals surface area contributed by atoms with Crippen molar-refractivity contribution in [3.05, 3.63) is 12.2 Å². The van der Waals surface area contributed by atoms with Crippen LogP contribution in [0.25, 0.3) is 0 Å². The average molecular weight is 158 g/mol. The Morgan fingerprint density at radius 1 is 1.64 bits per heavy atom. The predicted octanol–water partition coefficient (Wildman–Crippen LogP) is 1.18. The molecule has 3 nitrogen and oxygen atoms in total. The first kappa shape index (κ1) is 10.2. The summed E-state index contributed by atoms with van der Waals surface area (Å²) < 4.78 is 0. The minimum Gasteiger partial charge on any atom is -0.478 e.